The second-order valence-electron chi connectivity index (χ2n) is 0.676. The Balaban J connectivity index is 0. The molecule has 0 N–H and O–H groups in total. The van der Waals surface area contributed by atoms with E-state index in [1.165, 1.54) is 0 Å². The van der Waals surface area contributed by atoms with E-state index in [1.54, 1.807) is 0 Å². The first-order valence-electron chi connectivity index (χ1n) is 1.41. The molecular weight excluding hydrogens is 157 g/mol. The summed E-state index contributed by atoms with van der Waals surface area (Å²) in [4.78, 5) is 0. The van der Waals surface area contributed by atoms with Crippen molar-refractivity contribution in [3.8, 4) is 0 Å². The zero-order valence-electron chi connectivity index (χ0n) is 3.72. The van der Waals surface area contributed by atoms with Crippen LogP contribution in [0.25, 0.3) is 0 Å². The molecule has 0 rings (SSSR count). The van der Waals surface area contributed by atoms with Crippen molar-refractivity contribution in [2.45, 2.75) is 13.1 Å². The highest BCUT2D eigenvalue weighted by Crippen LogP contribution is 2.13. The Morgan fingerprint density at radius 1 is 0.778 bits per heavy atom. The zero-order chi connectivity index (χ0) is 8.08. The van der Waals surface area contributed by atoms with Crippen LogP contribution in [0.3, 0.4) is 0 Å². The van der Waals surface area contributed by atoms with Gasteiger partial charge in [-0.3, -0.25) is 0 Å². The van der Waals surface area contributed by atoms with Crippen molar-refractivity contribution in [2.24, 2.45) is 0 Å². The topological polar surface area (TPSA) is 0 Å². The van der Waals surface area contributed by atoms with Crippen LogP contribution >= 0.6 is 0 Å². The summed E-state index contributed by atoms with van der Waals surface area (Å²) in [6, 6.07) is 0. The molecule has 0 aliphatic rings. The predicted octanol–water partition coefficient (Wildman–Crippen LogP) is 2.65. The van der Waals surface area contributed by atoms with E-state index < -0.39 is 13.1 Å². The molecule has 0 aromatic carbocycles. The van der Waals surface area contributed by atoms with Crippen molar-refractivity contribution in [3.63, 3.8) is 0 Å². The highest BCUT2D eigenvalue weighted by molar-refractivity contribution is 4.08. The second-order valence-corrected chi connectivity index (χ2v) is 0.676. The van der Waals surface area contributed by atoms with Gasteiger partial charge in [0.15, 0.2) is 0 Å². The van der Waals surface area contributed by atoms with E-state index >= 15 is 0 Å². The Morgan fingerprint density at radius 2 is 0.778 bits per heavy atom. The van der Waals surface area contributed by atoms with Crippen LogP contribution in [0.15, 0.2) is 0 Å². The van der Waals surface area contributed by atoms with E-state index in [0.29, 0.717) is 0 Å². The van der Waals surface area contributed by atoms with Gasteiger partial charge in [0.1, 0.15) is 0 Å². The molecule has 9 heavy (non-hydrogen) atoms. The van der Waals surface area contributed by atoms with Gasteiger partial charge in [0.25, 0.3) is 0 Å². The fourth-order valence-electron chi connectivity index (χ4n) is 0. The summed E-state index contributed by atoms with van der Waals surface area (Å²) in [6.45, 7) is -3.67. The molecule has 0 unspecified atom stereocenters. The molecule has 0 nitrogen and oxygen atoms in total. The average Bonchev–Trinajstić information content (AvgIpc) is 1.19. The van der Waals surface area contributed by atoms with Gasteiger partial charge in [0, 0.05) is 0 Å². The lowest BCUT2D eigenvalue weighted by Crippen LogP contribution is -1.92. The second kappa shape index (κ2) is 4.39. The molecular formula is C2HF7. The number of hydrogen-bond acceptors (Lipinski definition) is 0. The summed E-state index contributed by atoms with van der Waals surface area (Å²) in [7, 11) is 0. The maximum absolute atomic E-state index is 9.69. The molecule has 0 saturated heterocycles. The quantitative estimate of drug-likeness (QED) is 0.475. The van der Waals surface area contributed by atoms with Crippen molar-refractivity contribution < 1.29 is 30.7 Å². The SMILES string of the molecule is FC(F)(F)F.FC(F)F. The van der Waals surface area contributed by atoms with Crippen molar-refractivity contribution >= 4 is 0 Å². The number of hydrogen-bond donors (Lipinski definition) is 0. The monoisotopic (exact) mass is 158 g/mol. The lowest BCUT2D eigenvalue weighted by molar-refractivity contribution is -0.237. The smallest absolute Gasteiger partial charge is 0.174 e. The lowest BCUT2D eigenvalue weighted by atomic mass is 11.5. The molecule has 58 valence electrons. The third kappa shape index (κ3) is 950. The van der Waals surface area contributed by atoms with Gasteiger partial charge < -0.3 is 0 Å². The minimum atomic E-state index is -5.50. The molecule has 0 amide bonds. The summed E-state index contributed by atoms with van der Waals surface area (Å²) in [5.74, 6) is 0. The molecule has 0 saturated carbocycles. The van der Waals surface area contributed by atoms with Gasteiger partial charge in [-0.05, 0) is 0 Å². The van der Waals surface area contributed by atoms with Gasteiger partial charge in [-0.15, -0.1) is 17.6 Å². The Morgan fingerprint density at radius 3 is 0.778 bits per heavy atom. The lowest BCUT2D eigenvalue weighted by Gasteiger charge is -1.82. The predicted molar refractivity (Wildman–Crippen MR) is 14.3 cm³/mol. The Bertz CT molecular complexity index is 43.7. The van der Waals surface area contributed by atoms with Crippen LogP contribution in [-0.2, 0) is 0 Å². The van der Waals surface area contributed by atoms with Gasteiger partial charge in [0.05, 0.1) is 0 Å². The first-order valence-corrected chi connectivity index (χ1v) is 1.41. The summed E-state index contributed by atoms with van der Waals surface area (Å²) < 4.78 is 67.8. The van der Waals surface area contributed by atoms with Gasteiger partial charge in [0.2, 0.25) is 0 Å². The highest BCUT2D eigenvalue weighted by Gasteiger charge is 2.24. The molecule has 0 aromatic rings. The maximum Gasteiger partial charge on any atom is 0.559 e. The van der Waals surface area contributed by atoms with E-state index in [2.05, 4.69) is 0 Å². The summed E-state index contributed by atoms with van der Waals surface area (Å²) >= 11 is 0. The van der Waals surface area contributed by atoms with E-state index in [1.807, 2.05) is 0 Å². The van der Waals surface area contributed by atoms with Gasteiger partial charge in [-0.1, -0.05) is 0 Å². The van der Waals surface area contributed by atoms with Crippen LogP contribution in [0.5, 0.6) is 0 Å². The number of alkyl halides is 7. The standard InChI is InChI=1S/CF4.CHF3/c2-1(3,4)5;2-1(3)4/h;1H. The normalized spacial score (nSPS) is 10.7. The Kier molecular flexibility index (Phi) is 5.53. The molecule has 0 spiro atoms. The van der Waals surface area contributed by atoms with Crippen molar-refractivity contribution in [1.29, 1.82) is 0 Å². The van der Waals surface area contributed by atoms with Crippen LogP contribution < -0.4 is 0 Å². The molecule has 7 heteroatoms. The Labute approximate surface area is 45.3 Å². The van der Waals surface area contributed by atoms with Gasteiger partial charge in [-0.2, -0.15) is 13.2 Å². The van der Waals surface area contributed by atoms with Crippen LogP contribution in [0.2, 0.25) is 0 Å². The third-order valence-corrected chi connectivity index (χ3v) is 0. The van der Waals surface area contributed by atoms with Crippen molar-refractivity contribution in [2.75, 3.05) is 0 Å². The van der Waals surface area contributed by atoms with E-state index in [9.17, 15) is 30.7 Å². The molecule has 0 aliphatic heterocycles. The molecule has 0 aromatic heterocycles. The minimum Gasteiger partial charge on any atom is -0.174 e. The summed E-state index contributed by atoms with van der Waals surface area (Å²) in [5.41, 5.74) is 0. The van der Waals surface area contributed by atoms with Crippen molar-refractivity contribution in [3.05, 3.63) is 0 Å². The first kappa shape index (κ1) is 11.3. The fourth-order valence-corrected chi connectivity index (χ4v) is 0. The Hall–Kier alpha value is -0.490. The molecule has 0 radical (unpaired) electrons. The van der Waals surface area contributed by atoms with E-state index in [-0.39, 0.29) is 0 Å². The fraction of sp³-hybridized carbons (Fsp3) is 1.00. The first-order chi connectivity index (χ1) is 3.73. The van der Waals surface area contributed by atoms with Crippen LogP contribution in [0, 0.1) is 0 Å². The molecule has 0 bridgehead atoms. The number of rotatable bonds is 0. The zero-order valence-corrected chi connectivity index (χ0v) is 3.72. The highest BCUT2D eigenvalue weighted by atomic mass is 19.5. The average molecular weight is 158 g/mol. The van der Waals surface area contributed by atoms with Gasteiger partial charge >= 0.3 is 13.1 Å². The molecule has 0 heterocycles. The largest absolute Gasteiger partial charge is 0.559 e. The van der Waals surface area contributed by atoms with Crippen molar-refractivity contribution in [1.82, 2.24) is 0 Å². The molecule has 0 aliphatic carbocycles. The third-order valence-electron chi connectivity index (χ3n) is 0. The van der Waals surface area contributed by atoms with Gasteiger partial charge in [-0.25, -0.2) is 0 Å². The summed E-state index contributed by atoms with van der Waals surface area (Å²) in [5, 5.41) is 0. The summed E-state index contributed by atoms with van der Waals surface area (Å²) in [6.07, 6.45) is -5.50. The molecule has 0 atom stereocenters. The van der Waals surface area contributed by atoms with E-state index in [4.69, 9.17) is 0 Å². The van der Waals surface area contributed by atoms with Crippen LogP contribution in [-0.4, -0.2) is 13.1 Å². The minimum absolute atomic E-state index is 3.67. The van der Waals surface area contributed by atoms with E-state index in [0.717, 1.165) is 0 Å². The maximum atomic E-state index is 9.69. The van der Waals surface area contributed by atoms with Crippen LogP contribution in [0.4, 0.5) is 30.7 Å². The molecule has 0 fully saturated rings. The number of halogens is 7. The van der Waals surface area contributed by atoms with Crippen LogP contribution in [0.1, 0.15) is 0 Å².